The van der Waals surface area contributed by atoms with Crippen LogP contribution in [0.3, 0.4) is 0 Å². The first-order valence-electron chi connectivity index (χ1n) is 5.47. The van der Waals surface area contributed by atoms with Crippen LogP contribution in [0.2, 0.25) is 0 Å². The van der Waals surface area contributed by atoms with Crippen molar-refractivity contribution in [1.29, 1.82) is 0 Å². The molecule has 2 nitrogen and oxygen atoms in total. The van der Waals surface area contributed by atoms with Crippen molar-refractivity contribution in [2.24, 2.45) is 11.7 Å². The Morgan fingerprint density at radius 3 is 2.60 bits per heavy atom. The molecular formula is C12H20N2S. The summed E-state index contributed by atoms with van der Waals surface area (Å²) in [5.41, 5.74) is 6.86. The molecule has 1 heterocycles. The molecule has 1 aromatic rings. The van der Waals surface area contributed by atoms with Gasteiger partial charge in [0.15, 0.2) is 0 Å². The molecule has 2 atom stereocenters. The molecule has 15 heavy (non-hydrogen) atoms. The molecule has 1 aromatic heterocycles. The minimum atomic E-state index is 0.0751. The van der Waals surface area contributed by atoms with Crippen molar-refractivity contribution in [2.45, 2.75) is 38.3 Å². The number of rotatable bonds is 5. The van der Waals surface area contributed by atoms with Gasteiger partial charge in [0, 0.05) is 18.0 Å². The van der Waals surface area contributed by atoms with E-state index in [9.17, 15) is 0 Å². The Balaban J connectivity index is 2.50. The molecule has 0 amide bonds. The van der Waals surface area contributed by atoms with E-state index in [-0.39, 0.29) is 6.04 Å². The van der Waals surface area contributed by atoms with Gasteiger partial charge < -0.3 is 5.73 Å². The van der Waals surface area contributed by atoms with Gasteiger partial charge in [-0.05, 0) is 24.5 Å². The number of pyridine rings is 1. The summed E-state index contributed by atoms with van der Waals surface area (Å²) in [5, 5.41) is 1.10. The third-order valence-electron chi connectivity index (χ3n) is 2.50. The molecule has 0 aliphatic heterocycles. The van der Waals surface area contributed by atoms with Crippen LogP contribution >= 0.6 is 11.8 Å². The van der Waals surface area contributed by atoms with E-state index in [1.165, 1.54) is 6.42 Å². The Bertz CT molecular complexity index is 282. The first kappa shape index (κ1) is 12.5. The van der Waals surface area contributed by atoms with Crippen LogP contribution < -0.4 is 5.73 Å². The largest absolute Gasteiger partial charge is 0.324 e. The molecule has 0 saturated heterocycles. The fraction of sp³-hybridized carbons (Fsp3) is 0.583. The van der Waals surface area contributed by atoms with Crippen LogP contribution in [0, 0.1) is 5.92 Å². The van der Waals surface area contributed by atoms with Crippen LogP contribution in [-0.4, -0.2) is 10.7 Å². The molecule has 0 fully saturated rings. The standard InChI is InChI=1S/C12H20N2S/c1-4-9(2)8-15-12-6-5-11(7-14-12)10(3)13/h5-7,9-10H,4,8,13H2,1-3H3/t9?,10-/m1/s1. The summed E-state index contributed by atoms with van der Waals surface area (Å²) in [6.45, 7) is 6.46. The van der Waals surface area contributed by atoms with Gasteiger partial charge in [-0.1, -0.05) is 26.3 Å². The fourth-order valence-corrected chi connectivity index (χ4v) is 2.07. The number of nitrogens with zero attached hydrogens (tertiary/aromatic N) is 1. The highest BCUT2D eigenvalue weighted by molar-refractivity contribution is 7.99. The summed E-state index contributed by atoms with van der Waals surface area (Å²) in [6, 6.07) is 4.20. The second-order valence-electron chi connectivity index (χ2n) is 4.04. The predicted molar refractivity (Wildman–Crippen MR) is 67.0 cm³/mol. The van der Waals surface area contributed by atoms with Crippen LogP contribution in [0.25, 0.3) is 0 Å². The highest BCUT2D eigenvalue weighted by Crippen LogP contribution is 2.20. The molecular weight excluding hydrogens is 204 g/mol. The highest BCUT2D eigenvalue weighted by Gasteiger charge is 2.03. The Morgan fingerprint density at radius 2 is 2.13 bits per heavy atom. The van der Waals surface area contributed by atoms with E-state index in [4.69, 9.17) is 5.73 Å². The summed E-state index contributed by atoms with van der Waals surface area (Å²) in [5.74, 6) is 1.89. The van der Waals surface area contributed by atoms with Crippen LogP contribution in [-0.2, 0) is 0 Å². The molecule has 3 heteroatoms. The Morgan fingerprint density at radius 1 is 1.40 bits per heavy atom. The van der Waals surface area contributed by atoms with Gasteiger partial charge in [-0.2, -0.15) is 0 Å². The van der Waals surface area contributed by atoms with E-state index >= 15 is 0 Å². The number of thioether (sulfide) groups is 1. The normalized spacial score (nSPS) is 14.9. The second kappa shape index (κ2) is 6.13. The van der Waals surface area contributed by atoms with Crippen LogP contribution in [0.5, 0.6) is 0 Å². The SMILES string of the molecule is CCC(C)CSc1ccc([C@@H](C)N)cn1. The number of hydrogen-bond donors (Lipinski definition) is 1. The second-order valence-corrected chi connectivity index (χ2v) is 5.08. The van der Waals surface area contributed by atoms with Gasteiger partial charge in [-0.15, -0.1) is 11.8 Å². The van der Waals surface area contributed by atoms with Gasteiger partial charge in [0.25, 0.3) is 0 Å². The Labute approximate surface area is 96.7 Å². The molecule has 2 N–H and O–H groups in total. The summed E-state index contributed by atoms with van der Waals surface area (Å²) >= 11 is 1.82. The van der Waals surface area contributed by atoms with Crippen molar-refractivity contribution in [1.82, 2.24) is 4.98 Å². The molecule has 1 rings (SSSR count). The van der Waals surface area contributed by atoms with Gasteiger partial charge in [0.05, 0.1) is 5.03 Å². The smallest absolute Gasteiger partial charge is 0.0960 e. The molecule has 0 radical (unpaired) electrons. The monoisotopic (exact) mass is 224 g/mol. The number of nitrogens with two attached hydrogens (primary N) is 1. The summed E-state index contributed by atoms with van der Waals surface area (Å²) in [7, 11) is 0. The van der Waals surface area contributed by atoms with E-state index in [1.807, 2.05) is 24.9 Å². The molecule has 0 aliphatic carbocycles. The van der Waals surface area contributed by atoms with Crippen LogP contribution in [0.15, 0.2) is 23.4 Å². The maximum atomic E-state index is 5.76. The molecule has 0 aromatic carbocycles. The third-order valence-corrected chi connectivity index (χ3v) is 3.77. The first-order valence-corrected chi connectivity index (χ1v) is 6.46. The summed E-state index contributed by atoms with van der Waals surface area (Å²) in [6.07, 6.45) is 3.11. The van der Waals surface area contributed by atoms with Crippen molar-refractivity contribution in [3.63, 3.8) is 0 Å². The van der Waals surface area contributed by atoms with Crippen LogP contribution in [0.1, 0.15) is 38.8 Å². The van der Waals surface area contributed by atoms with Crippen molar-refractivity contribution >= 4 is 11.8 Å². The Kier molecular flexibility index (Phi) is 5.12. The van der Waals surface area contributed by atoms with Gasteiger partial charge in [0.2, 0.25) is 0 Å². The summed E-state index contributed by atoms with van der Waals surface area (Å²) in [4.78, 5) is 4.39. The average molecular weight is 224 g/mol. The number of aromatic nitrogens is 1. The van der Waals surface area contributed by atoms with E-state index < -0.39 is 0 Å². The predicted octanol–water partition coefficient (Wildman–Crippen LogP) is 3.24. The topological polar surface area (TPSA) is 38.9 Å². The first-order chi connectivity index (χ1) is 7.13. The van der Waals surface area contributed by atoms with Gasteiger partial charge >= 0.3 is 0 Å². The van der Waals surface area contributed by atoms with Crippen molar-refractivity contribution < 1.29 is 0 Å². The lowest BCUT2D eigenvalue weighted by molar-refractivity contribution is 0.636. The van der Waals surface area contributed by atoms with E-state index in [1.54, 1.807) is 0 Å². The van der Waals surface area contributed by atoms with E-state index in [0.717, 1.165) is 22.3 Å². The zero-order valence-corrected chi connectivity index (χ0v) is 10.6. The summed E-state index contributed by atoms with van der Waals surface area (Å²) < 4.78 is 0. The van der Waals surface area contributed by atoms with Crippen molar-refractivity contribution in [2.75, 3.05) is 5.75 Å². The minimum Gasteiger partial charge on any atom is -0.324 e. The molecule has 0 saturated carbocycles. The Hall–Kier alpha value is -0.540. The van der Waals surface area contributed by atoms with Gasteiger partial charge in [-0.25, -0.2) is 4.98 Å². The fourth-order valence-electron chi connectivity index (χ4n) is 1.09. The van der Waals surface area contributed by atoms with E-state index in [2.05, 4.69) is 31.0 Å². The quantitative estimate of drug-likeness (QED) is 0.780. The molecule has 84 valence electrons. The lowest BCUT2D eigenvalue weighted by Gasteiger charge is -2.08. The minimum absolute atomic E-state index is 0.0751. The van der Waals surface area contributed by atoms with Gasteiger partial charge in [0.1, 0.15) is 0 Å². The molecule has 0 bridgehead atoms. The lowest BCUT2D eigenvalue weighted by atomic mass is 10.2. The van der Waals surface area contributed by atoms with Gasteiger partial charge in [-0.3, -0.25) is 0 Å². The third kappa shape index (κ3) is 4.22. The van der Waals surface area contributed by atoms with Crippen LogP contribution in [0.4, 0.5) is 0 Å². The van der Waals surface area contributed by atoms with Crippen molar-refractivity contribution in [3.8, 4) is 0 Å². The zero-order valence-electron chi connectivity index (χ0n) is 9.73. The van der Waals surface area contributed by atoms with E-state index in [0.29, 0.717) is 0 Å². The number of hydrogen-bond acceptors (Lipinski definition) is 3. The maximum Gasteiger partial charge on any atom is 0.0960 e. The lowest BCUT2D eigenvalue weighted by Crippen LogP contribution is -2.05. The molecule has 1 unspecified atom stereocenters. The molecule has 0 aliphatic rings. The highest BCUT2D eigenvalue weighted by atomic mass is 32.2. The average Bonchev–Trinajstić information content (AvgIpc) is 2.26. The van der Waals surface area contributed by atoms with Crippen molar-refractivity contribution in [3.05, 3.63) is 23.9 Å². The zero-order chi connectivity index (χ0) is 11.3. The molecule has 0 spiro atoms. The maximum absolute atomic E-state index is 5.76.